The van der Waals surface area contributed by atoms with Gasteiger partial charge in [0, 0.05) is 5.02 Å². The van der Waals surface area contributed by atoms with E-state index in [0.717, 1.165) is 24.8 Å². The van der Waals surface area contributed by atoms with Gasteiger partial charge >= 0.3 is 0 Å². The Hall–Kier alpha value is -1.07. The summed E-state index contributed by atoms with van der Waals surface area (Å²) in [6.07, 6.45) is 3.55. The fourth-order valence-corrected chi connectivity index (χ4v) is 2.96. The molecular formula is C14H15ClFN. The number of benzene rings is 1. The molecule has 2 rings (SSSR count). The first-order valence-corrected chi connectivity index (χ1v) is 6.28. The molecule has 0 aliphatic heterocycles. The first-order valence-electron chi connectivity index (χ1n) is 5.90. The summed E-state index contributed by atoms with van der Waals surface area (Å²) in [7, 11) is 0. The van der Waals surface area contributed by atoms with Gasteiger partial charge in [0.2, 0.25) is 0 Å². The highest BCUT2D eigenvalue weighted by atomic mass is 35.5. The van der Waals surface area contributed by atoms with Crippen molar-refractivity contribution < 1.29 is 4.39 Å². The number of rotatable bonds is 2. The van der Waals surface area contributed by atoms with Crippen LogP contribution in [0.5, 0.6) is 0 Å². The third-order valence-electron chi connectivity index (χ3n) is 3.64. The van der Waals surface area contributed by atoms with Crippen LogP contribution in [-0.4, -0.2) is 0 Å². The average molecular weight is 252 g/mol. The predicted octanol–water partition coefficient (Wildman–Crippen LogP) is 4.35. The van der Waals surface area contributed by atoms with Crippen LogP contribution in [0.4, 0.5) is 4.39 Å². The molecule has 0 spiro atoms. The Morgan fingerprint density at radius 1 is 1.59 bits per heavy atom. The minimum absolute atomic E-state index is 0.305. The van der Waals surface area contributed by atoms with Crippen LogP contribution in [0.15, 0.2) is 18.2 Å². The summed E-state index contributed by atoms with van der Waals surface area (Å²) < 4.78 is 13.0. The van der Waals surface area contributed by atoms with Gasteiger partial charge in [-0.1, -0.05) is 24.6 Å². The van der Waals surface area contributed by atoms with E-state index in [-0.39, 0.29) is 11.2 Å². The Labute approximate surface area is 106 Å². The molecule has 1 aliphatic carbocycles. The van der Waals surface area contributed by atoms with E-state index in [1.54, 1.807) is 6.07 Å². The molecule has 17 heavy (non-hydrogen) atoms. The Balaban J connectivity index is 2.22. The molecule has 0 heterocycles. The summed E-state index contributed by atoms with van der Waals surface area (Å²) in [5.41, 5.74) is 0.574. The van der Waals surface area contributed by atoms with Gasteiger partial charge in [-0.15, -0.1) is 0 Å². The van der Waals surface area contributed by atoms with Gasteiger partial charge < -0.3 is 0 Å². The van der Waals surface area contributed by atoms with Crippen LogP contribution < -0.4 is 0 Å². The number of nitriles is 1. The molecule has 1 aromatic rings. The Bertz CT molecular complexity index is 466. The van der Waals surface area contributed by atoms with E-state index in [4.69, 9.17) is 11.6 Å². The van der Waals surface area contributed by atoms with E-state index in [2.05, 4.69) is 13.0 Å². The van der Waals surface area contributed by atoms with Crippen molar-refractivity contribution in [3.8, 4) is 6.07 Å². The molecule has 90 valence electrons. The van der Waals surface area contributed by atoms with Crippen LogP contribution in [0.2, 0.25) is 5.02 Å². The second-order valence-electron chi connectivity index (χ2n) is 5.15. The molecule has 1 fully saturated rings. The van der Waals surface area contributed by atoms with E-state index < -0.39 is 0 Å². The van der Waals surface area contributed by atoms with Crippen molar-refractivity contribution in [2.45, 2.75) is 32.6 Å². The predicted molar refractivity (Wildman–Crippen MR) is 66.2 cm³/mol. The van der Waals surface area contributed by atoms with Gasteiger partial charge in [0.15, 0.2) is 0 Å². The van der Waals surface area contributed by atoms with Crippen LogP contribution in [-0.2, 0) is 6.42 Å². The minimum atomic E-state index is -0.329. The maximum absolute atomic E-state index is 13.0. The number of halogens is 2. The minimum Gasteiger partial charge on any atom is -0.207 e. The lowest BCUT2D eigenvalue weighted by atomic mass is 9.81. The highest BCUT2D eigenvalue weighted by Crippen LogP contribution is 2.44. The maximum Gasteiger partial charge on any atom is 0.124 e. The van der Waals surface area contributed by atoms with Crippen molar-refractivity contribution >= 4 is 11.6 Å². The highest BCUT2D eigenvalue weighted by molar-refractivity contribution is 6.31. The Kier molecular flexibility index (Phi) is 3.40. The molecular weight excluding hydrogens is 237 g/mol. The summed E-state index contributed by atoms with van der Waals surface area (Å²) in [6.45, 7) is 2.17. The molecule has 0 amide bonds. The first kappa shape index (κ1) is 12.4. The molecule has 0 bridgehead atoms. The second kappa shape index (κ2) is 4.66. The van der Waals surface area contributed by atoms with Crippen LogP contribution in [0.25, 0.3) is 0 Å². The SMILES string of the molecule is CC1CCC(C#N)(Cc2ccc(F)cc2Cl)C1. The van der Waals surface area contributed by atoms with Crippen molar-refractivity contribution in [1.29, 1.82) is 5.26 Å². The summed E-state index contributed by atoms with van der Waals surface area (Å²) in [4.78, 5) is 0. The van der Waals surface area contributed by atoms with Gasteiger partial charge in [0.05, 0.1) is 11.5 Å². The van der Waals surface area contributed by atoms with Crippen molar-refractivity contribution in [3.63, 3.8) is 0 Å². The van der Waals surface area contributed by atoms with Crippen LogP contribution >= 0.6 is 11.6 Å². The summed E-state index contributed by atoms with van der Waals surface area (Å²) in [5, 5.41) is 9.80. The van der Waals surface area contributed by atoms with Crippen LogP contribution in [0.1, 0.15) is 31.7 Å². The van der Waals surface area contributed by atoms with Gasteiger partial charge in [-0.3, -0.25) is 0 Å². The van der Waals surface area contributed by atoms with Gasteiger partial charge in [-0.2, -0.15) is 5.26 Å². The van der Waals surface area contributed by atoms with E-state index in [0.29, 0.717) is 17.4 Å². The molecule has 1 saturated carbocycles. The first-order chi connectivity index (χ1) is 8.04. The van der Waals surface area contributed by atoms with Gasteiger partial charge in [-0.25, -0.2) is 4.39 Å². The highest BCUT2D eigenvalue weighted by Gasteiger charge is 2.38. The lowest BCUT2D eigenvalue weighted by Gasteiger charge is -2.21. The zero-order valence-corrected chi connectivity index (χ0v) is 10.6. The largest absolute Gasteiger partial charge is 0.207 e. The van der Waals surface area contributed by atoms with Gasteiger partial charge in [0.1, 0.15) is 5.82 Å². The zero-order chi connectivity index (χ0) is 12.5. The average Bonchev–Trinajstić information content (AvgIpc) is 2.65. The zero-order valence-electron chi connectivity index (χ0n) is 9.84. The summed E-state index contributed by atoms with van der Waals surface area (Å²) in [5.74, 6) is 0.262. The molecule has 1 aliphatic rings. The molecule has 0 radical (unpaired) electrons. The fraction of sp³-hybridized carbons (Fsp3) is 0.500. The topological polar surface area (TPSA) is 23.8 Å². The van der Waals surface area contributed by atoms with Crippen molar-refractivity contribution in [1.82, 2.24) is 0 Å². The van der Waals surface area contributed by atoms with E-state index in [9.17, 15) is 9.65 Å². The quantitative estimate of drug-likeness (QED) is 0.767. The van der Waals surface area contributed by atoms with Gasteiger partial charge in [0.25, 0.3) is 0 Å². The number of nitrogens with zero attached hydrogens (tertiary/aromatic N) is 1. The molecule has 0 aromatic heterocycles. The molecule has 2 unspecified atom stereocenters. The monoisotopic (exact) mass is 251 g/mol. The maximum atomic E-state index is 13.0. The van der Waals surface area contributed by atoms with Crippen molar-refractivity contribution in [3.05, 3.63) is 34.6 Å². The van der Waals surface area contributed by atoms with Gasteiger partial charge in [-0.05, 0) is 49.3 Å². The molecule has 1 nitrogen and oxygen atoms in total. The van der Waals surface area contributed by atoms with E-state index in [1.807, 2.05) is 0 Å². The normalized spacial score (nSPS) is 28.0. The fourth-order valence-electron chi connectivity index (χ4n) is 2.73. The third-order valence-corrected chi connectivity index (χ3v) is 3.99. The van der Waals surface area contributed by atoms with Crippen molar-refractivity contribution in [2.24, 2.45) is 11.3 Å². The van der Waals surface area contributed by atoms with E-state index >= 15 is 0 Å². The number of hydrogen-bond acceptors (Lipinski definition) is 1. The lowest BCUT2D eigenvalue weighted by Crippen LogP contribution is -2.18. The van der Waals surface area contributed by atoms with Crippen LogP contribution in [0.3, 0.4) is 0 Å². The third kappa shape index (κ3) is 2.61. The molecule has 0 saturated heterocycles. The van der Waals surface area contributed by atoms with Crippen molar-refractivity contribution in [2.75, 3.05) is 0 Å². The molecule has 0 N–H and O–H groups in total. The summed E-state index contributed by atoms with van der Waals surface area (Å²) in [6, 6.07) is 6.87. The second-order valence-corrected chi connectivity index (χ2v) is 5.56. The standard InChI is InChI=1S/C14H15ClFN/c1-10-4-5-14(7-10,9-17)8-11-2-3-12(16)6-13(11)15/h2-3,6,10H,4-5,7-8H2,1H3. The summed E-state index contributed by atoms with van der Waals surface area (Å²) >= 11 is 6.01. The lowest BCUT2D eigenvalue weighted by molar-refractivity contribution is 0.391. The number of hydrogen-bond donors (Lipinski definition) is 0. The molecule has 2 atom stereocenters. The van der Waals surface area contributed by atoms with E-state index in [1.165, 1.54) is 12.1 Å². The smallest absolute Gasteiger partial charge is 0.124 e. The Morgan fingerprint density at radius 3 is 2.88 bits per heavy atom. The molecule has 3 heteroatoms. The molecule has 1 aromatic carbocycles. The Morgan fingerprint density at radius 2 is 2.35 bits per heavy atom. The van der Waals surface area contributed by atoms with Crippen LogP contribution in [0, 0.1) is 28.5 Å².